The summed E-state index contributed by atoms with van der Waals surface area (Å²) in [4.78, 5) is 51.1. The van der Waals surface area contributed by atoms with Crippen LogP contribution in [0.1, 0.15) is 40.2 Å². The molecule has 1 N–H and O–H groups in total. The highest BCUT2D eigenvalue weighted by Gasteiger charge is 2.63. The second-order valence-corrected chi connectivity index (χ2v) is 11.4. The van der Waals surface area contributed by atoms with Crippen LogP contribution in [0.25, 0.3) is 0 Å². The molecule has 2 amide bonds. The fourth-order valence-electron chi connectivity index (χ4n) is 3.76. The number of fused-ring (bicyclic) bond motifs is 1. The predicted molar refractivity (Wildman–Crippen MR) is 119 cm³/mol. The molecule has 9 heteroatoms. The van der Waals surface area contributed by atoms with Gasteiger partial charge in [0.1, 0.15) is 6.04 Å². The number of hydrogen-bond acceptors (Lipinski definition) is 7. The Labute approximate surface area is 192 Å². The van der Waals surface area contributed by atoms with E-state index in [9.17, 15) is 19.2 Å². The van der Waals surface area contributed by atoms with Crippen LogP contribution in [0.15, 0.2) is 30.3 Å². The third kappa shape index (κ3) is 5.09. The summed E-state index contributed by atoms with van der Waals surface area (Å²) in [6.07, 6.45) is 0.247. The first kappa shape index (κ1) is 24.1. The minimum atomic E-state index is -0.783. The van der Waals surface area contributed by atoms with Gasteiger partial charge in [-0.1, -0.05) is 30.3 Å². The summed E-state index contributed by atoms with van der Waals surface area (Å²) >= 11 is 1.51. The molecule has 1 unspecified atom stereocenters. The first-order chi connectivity index (χ1) is 14.9. The number of carbonyl (C=O) groups is 4. The fraction of sp³-hybridized carbons (Fsp3) is 0.565. The van der Waals surface area contributed by atoms with Gasteiger partial charge in [0.2, 0.25) is 18.6 Å². The molecule has 0 aliphatic carbocycles. The van der Waals surface area contributed by atoms with E-state index in [0.717, 1.165) is 5.56 Å². The van der Waals surface area contributed by atoms with Gasteiger partial charge in [0.15, 0.2) is 0 Å². The number of nitrogens with one attached hydrogen (secondary N) is 1. The van der Waals surface area contributed by atoms with Gasteiger partial charge in [-0.3, -0.25) is 14.4 Å². The van der Waals surface area contributed by atoms with Crippen LogP contribution in [0.2, 0.25) is 0 Å². The van der Waals surface area contributed by atoms with Crippen molar-refractivity contribution in [2.45, 2.75) is 57.2 Å². The molecular formula is C23H30N2O6S. The van der Waals surface area contributed by atoms with E-state index >= 15 is 0 Å². The minimum Gasteiger partial charge on any atom is -0.427 e. The van der Waals surface area contributed by atoms with Gasteiger partial charge in [-0.05, 0) is 40.2 Å². The lowest BCUT2D eigenvalue weighted by Gasteiger charge is -2.43. The van der Waals surface area contributed by atoms with E-state index in [1.54, 1.807) is 20.8 Å². The number of carbonyl (C=O) groups excluding carboxylic acids is 4. The number of thioether (sulfide) groups is 1. The molecule has 1 aromatic carbocycles. The van der Waals surface area contributed by atoms with E-state index in [0.29, 0.717) is 0 Å². The van der Waals surface area contributed by atoms with E-state index < -0.39 is 40.9 Å². The van der Waals surface area contributed by atoms with Crippen molar-refractivity contribution >= 4 is 35.5 Å². The molecule has 0 radical (unpaired) electrons. The van der Waals surface area contributed by atoms with Gasteiger partial charge < -0.3 is 19.7 Å². The van der Waals surface area contributed by atoms with Crippen LogP contribution in [0.3, 0.4) is 0 Å². The standard InChI is InChI=1S/C23H30N2O6S/c1-22(2,3)21(29)31-13-30-20(28)17-23(4,5)32-19-15(18(27)25(17)19)12-24-16(26)11-14-9-7-6-8-10-14/h6-10,15,17,19H,11-13H2,1-5H3,(H,24,26)/t15?,17-,19+/m0/s1. The van der Waals surface area contributed by atoms with E-state index in [2.05, 4.69) is 5.32 Å². The lowest BCUT2D eigenvalue weighted by atomic mass is 9.91. The lowest BCUT2D eigenvalue weighted by Crippen LogP contribution is -2.65. The second-order valence-electron chi connectivity index (χ2n) is 9.60. The third-order valence-corrected chi connectivity index (χ3v) is 7.13. The van der Waals surface area contributed by atoms with Crippen LogP contribution in [0.4, 0.5) is 0 Å². The van der Waals surface area contributed by atoms with Crippen molar-refractivity contribution < 1.29 is 28.7 Å². The highest BCUT2D eigenvalue weighted by atomic mass is 32.2. The lowest BCUT2D eigenvalue weighted by molar-refractivity contribution is -0.181. The largest absolute Gasteiger partial charge is 0.427 e. The zero-order valence-electron chi connectivity index (χ0n) is 19.0. The number of hydrogen-bond donors (Lipinski definition) is 1. The predicted octanol–water partition coefficient (Wildman–Crippen LogP) is 2.11. The van der Waals surface area contributed by atoms with Crippen molar-refractivity contribution in [2.24, 2.45) is 11.3 Å². The number of esters is 2. The molecule has 174 valence electrons. The van der Waals surface area contributed by atoms with Gasteiger partial charge in [-0.15, -0.1) is 11.8 Å². The molecule has 0 bridgehead atoms. The highest BCUT2D eigenvalue weighted by Crippen LogP contribution is 2.53. The number of β-lactam (4-membered cyclic amide) rings is 1. The zero-order chi connectivity index (χ0) is 23.7. The van der Waals surface area contributed by atoms with Crippen LogP contribution >= 0.6 is 11.8 Å². The molecule has 8 nitrogen and oxygen atoms in total. The summed E-state index contributed by atoms with van der Waals surface area (Å²) in [5.74, 6) is -1.82. The third-order valence-electron chi connectivity index (χ3n) is 5.50. The number of benzene rings is 1. The Bertz CT molecular complexity index is 895. The summed E-state index contributed by atoms with van der Waals surface area (Å²) in [7, 11) is 0. The van der Waals surface area contributed by atoms with Crippen LogP contribution in [0.5, 0.6) is 0 Å². The maximum atomic E-state index is 12.8. The van der Waals surface area contributed by atoms with Crippen molar-refractivity contribution in [3.63, 3.8) is 0 Å². The van der Waals surface area contributed by atoms with Crippen LogP contribution in [-0.4, -0.2) is 58.2 Å². The summed E-state index contributed by atoms with van der Waals surface area (Å²) in [5.41, 5.74) is 0.198. The molecule has 2 heterocycles. The molecule has 0 spiro atoms. The molecular weight excluding hydrogens is 432 g/mol. The van der Waals surface area contributed by atoms with Crippen molar-refractivity contribution in [1.29, 1.82) is 0 Å². The quantitative estimate of drug-likeness (QED) is 0.376. The minimum absolute atomic E-state index is 0.152. The van der Waals surface area contributed by atoms with Crippen molar-refractivity contribution in [3.05, 3.63) is 35.9 Å². The number of amides is 2. The van der Waals surface area contributed by atoms with Gasteiger partial charge in [-0.2, -0.15) is 0 Å². The zero-order valence-corrected chi connectivity index (χ0v) is 19.9. The van der Waals surface area contributed by atoms with Crippen molar-refractivity contribution in [1.82, 2.24) is 10.2 Å². The first-order valence-electron chi connectivity index (χ1n) is 10.6. The maximum Gasteiger partial charge on any atom is 0.333 e. The molecule has 2 saturated heterocycles. The molecule has 1 aromatic rings. The van der Waals surface area contributed by atoms with Crippen molar-refractivity contribution in [3.8, 4) is 0 Å². The number of nitrogens with zero attached hydrogens (tertiary/aromatic N) is 1. The van der Waals surface area contributed by atoms with E-state index in [1.165, 1.54) is 16.7 Å². The smallest absolute Gasteiger partial charge is 0.333 e. The van der Waals surface area contributed by atoms with Gasteiger partial charge in [0.25, 0.3) is 0 Å². The Morgan fingerprint density at radius 1 is 1.12 bits per heavy atom. The van der Waals surface area contributed by atoms with E-state index in [-0.39, 0.29) is 30.2 Å². The Balaban J connectivity index is 1.53. The monoisotopic (exact) mass is 462 g/mol. The average molecular weight is 463 g/mol. The van der Waals surface area contributed by atoms with E-state index in [4.69, 9.17) is 9.47 Å². The molecule has 2 aliphatic rings. The SMILES string of the molecule is CC(C)(C)C(=O)OCOC(=O)[C@@H]1N2C(=O)C(CNC(=O)Cc3ccccc3)[C@H]2SC1(C)C. The normalized spacial score (nSPS) is 23.7. The second kappa shape index (κ2) is 9.13. The molecule has 0 saturated carbocycles. The van der Waals surface area contributed by atoms with Crippen LogP contribution in [-0.2, 0) is 35.1 Å². The van der Waals surface area contributed by atoms with Crippen molar-refractivity contribution in [2.75, 3.05) is 13.3 Å². The Morgan fingerprint density at radius 3 is 2.41 bits per heavy atom. The van der Waals surface area contributed by atoms with Gasteiger partial charge in [0.05, 0.1) is 23.1 Å². The first-order valence-corrected chi connectivity index (χ1v) is 11.4. The number of rotatable bonds is 7. The van der Waals surface area contributed by atoms with E-state index in [1.807, 2.05) is 44.2 Å². The van der Waals surface area contributed by atoms with Gasteiger partial charge in [0, 0.05) is 11.3 Å². The Morgan fingerprint density at radius 2 is 1.78 bits per heavy atom. The molecule has 2 aliphatic heterocycles. The topological polar surface area (TPSA) is 102 Å². The fourth-order valence-corrected chi connectivity index (χ4v) is 5.44. The molecule has 3 rings (SSSR count). The van der Waals surface area contributed by atoms with Gasteiger partial charge >= 0.3 is 11.9 Å². The van der Waals surface area contributed by atoms with Gasteiger partial charge in [-0.25, -0.2) is 4.79 Å². The number of ether oxygens (including phenoxy) is 2. The Kier molecular flexibility index (Phi) is 6.88. The highest BCUT2D eigenvalue weighted by molar-refractivity contribution is 8.01. The molecule has 32 heavy (non-hydrogen) atoms. The summed E-state index contributed by atoms with van der Waals surface area (Å²) < 4.78 is 9.60. The van der Waals surface area contributed by atoms with Crippen LogP contribution in [0, 0.1) is 11.3 Å². The maximum absolute atomic E-state index is 12.8. The molecule has 3 atom stereocenters. The average Bonchev–Trinajstić information content (AvgIpc) is 2.95. The molecule has 2 fully saturated rings. The molecule has 0 aromatic heterocycles. The van der Waals surface area contributed by atoms with Crippen LogP contribution < -0.4 is 5.32 Å². The summed E-state index contributed by atoms with van der Waals surface area (Å²) in [6, 6.07) is 8.60. The Hall–Kier alpha value is -2.55. The summed E-state index contributed by atoms with van der Waals surface area (Å²) in [5, 5.41) is 2.62. The summed E-state index contributed by atoms with van der Waals surface area (Å²) in [6.45, 7) is 8.60.